The molecule has 7 nitrogen and oxygen atoms in total. The Balaban J connectivity index is 1.61. The van der Waals surface area contributed by atoms with Gasteiger partial charge in [0, 0.05) is 35.9 Å². The van der Waals surface area contributed by atoms with E-state index < -0.39 is 11.9 Å². The van der Waals surface area contributed by atoms with Gasteiger partial charge in [-0.25, -0.2) is 4.98 Å². The summed E-state index contributed by atoms with van der Waals surface area (Å²) in [7, 11) is 0. The van der Waals surface area contributed by atoms with Crippen LogP contribution < -0.4 is 21.3 Å². The highest BCUT2D eigenvalue weighted by Gasteiger charge is 2.23. The number of nitrogens with two attached hydrogens (primary N) is 1. The monoisotopic (exact) mass is 510 g/mol. The first kappa shape index (κ1) is 21.3. The molecule has 0 atom stereocenters. The zero-order valence-electron chi connectivity index (χ0n) is 16.2. The summed E-state index contributed by atoms with van der Waals surface area (Å²) in [6, 6.07) is 10.7. The van der Waals surface area contributed by atoms with E-state index in [0.717, 1.165) is 34.6 Å². The van der Waals surface area contributed by atoms with Crippen LogP contribution in [0.25, 0.3) is 0 Å². The lowest BCUT2D eigenvalue weighted by atomic mass is 10.1. The fourth-order valence-electron chi connectivity index (χ4n) is 3.18. The number of carbonyl (C=O) groups excluding carboxylic acids is 1. The average molecular weight is 510 g/mol. The van der Waals surface area contributed by atoms with E-state index in [0.29, 0.717) is 24.6 Å². The molecule has 1 aromatic heterocycles. The molecule has 0 unspecified atom stereocenters. The topological polar surface area (TPSA) is 86.5 Å². The molecule has 3 rings (SSSR count). The third-order valence-corrected chi connectivity index (χ3v) is 5.36. The zero-order valence-corrected chi connectivity index (χ0v) is 18.3. The van der Waals surface area contributed by atoms with Crippen LogP contribution in [0.2, 0.25) is 0 Å². The number of hydrogen-bond acceptors (Lipinski definition) is 6. The van der Waals surface area contributed by atoms with Crippen molar-refractivity contribution in [1.82, 2.24) is 9.88 Å². The van der Waals surface area contributed by atoms with Crippen LogP contribution in [-0.2, 0) is 4.79 Å². The second-order valence-corrected chi connectivity index (χ2v) is 7.80. The summed E-state index contributed by atoms with van der Waals surface area (Å²) in [6.07, 6.45) is 1.66. The minimum absolute atomic E-state index is 0.442. The second kappa shape index (κ2) is 9.88. The SMILES string of the molecule is CCN(CCNc1cccc(F)n1)CCN1C(C(N)=O)=CNc2cc(I)ccc21. The van der Waals surface area contributed by atoms with E-state index in [4.69, 9.17) is 5.73 Å². The highest BCUT2D eigenvalue weighted by Crippen LogP contribution is 2.33. The maximum Gasteiger partial charge on any atom is 0.266 e. The molecule has 1 amide bonds. The fraction of sp³-hybridized carbons (Fsp3) is 0.300. The molecule has 0 spiro atoms. The van der Waals surface area contributed by atoms with Crippen molar-refractivity contribution in [2.24, 2.45) is 5.73 Å². The number of anilines is 3. The van der Waals surface area contributed by atoms with Crippen molar-refractivity contribution in [2.45, 2.75) is 6.92 Å². The van der Waals surface area contributed by atoms with Gasteiger partial charge in [0.05, 0.1) is 11.4 Å². The second-order valence-electron chi connectivity index (χ2n) is 6.56. The van der Waals surface area contributed by atoms with Crippen LogP contribution in [0.15, 0.2) is 48.3 Å². The summed E-state index contributed by atoms with van der Waals surface area (Å²) in [5.41, 5.74) is 7.91. The Morgan fingerprint density at radius 3 is 2.90 bits per heavy atom. The summed E-state index contributed by atoms with van der Waals surface area (Å²) >= 11 is 2.26. The number of hydrogen-bond donors (Lipinski definition) is 3. The number of rotatable bonds is 9. The highest BCUT2D eigenvalue weighted by molar-refractivity contribution is 14.1. The number of halogens is 2. The van der Waals surface area contributed by atoms with Crippen molar-refractivity contribution in [3.05, 3.63) is 57.8 Å². The van der Waals surface area contributed by atoms with Gasteiger partial charge in [0.15, 0.2) is 0 Å². The number of carbonyl (C=O) groups is 1. The number of likely N-dealkylation sites (N-methyl/N-ethyl adjacent to an activating group) is 1. The van der Waals surface area contributed by atoms with Gasteiger partial charge in [0.1, 0.15) is 11.5 Å². The molecule has 1 aliphatic heterocycles. The predicted octanol–water partition coefficient (Wildman–Crippen LogP) is 2.82. The zero-order chi connectivity index (χ0) is 20.8. The van der Waals surface area contributed by atoms with Crippen LogP contribution >= 0.6 is 22.6 Å². The number of primary amides is 1. The number of pyridine rings is 1. The molecule has 1 aliphatic rings. The van der Waals surface area contributed by atoms with E-state index in [9.17, 15) is 9.18 Å². The van der Waals surface area contributed by atoms with Gasteiger partial charge < -0.3 is 26.2 Å². The molecule has 0 radical (unpaired) electrons. The lowest BCUT2D eigenvalue weighted by Crippen LogP contribution is -2.41. The van der Waals surface area contributed by atoms with Crippen molar-refractivity contribution in [3.8, 4) is 0 Å². The maximum absolute atomic E-state index is 13.2. The first-order chi connectivity index (χ1) is 14.0. The van der Waals surface area contributed by atoms with Gasteiger partial charge in [-0.3, -0.25) is 4.79 Å². The van der Waals surface area contributed by atoms with Crippen LogP contribution in [0, 0.1) is 9.52 Å². The number of benzene rings is 1. The molecule has 0 aliphatic carbocycles. The number of amides is 1. The van der Waals surface area contributed by atoms with Crippen molar-refractivity contribution in [3.63, 3.8) is 0 Å². The third kappa shape index (κ3) is 5.57. The Bertz CT molecular complexity index is 906. The molecule has 0 saturated heterocycles. The average Bonchev–Trinajstić information content (AvgIpc) is 2.69. The van der Waals surface area contributed by atoms with Gasteiger partial charge in [-0.1, -0.05) is 13.0 Å². The van der Waals surface area contributed by atoms with Crippen LogP contribution in [0.1, 0.15) is 6.92 Å². The molecule has 0 saturated carbocycles. The molecule has 2 aromatic rings. The quantitative estimate of drug-likeness (QED) is 0.356. The van der Waals surface area contributed by atoms with Gasteiger partial charge in [0.25, 0.3) is 5.91 Å². The van der Waals surface area contributed by atoms with Crippen molar-refractivity contribution < 1.29 is 9.18 Å². The maximum atomic E-state index is 13.2. The first-order valence-corrected chi connectivity index (χ1v) is 10.5. The largest absolute Gasteiger partial charge is 0.369 e. The minimum Gasteiger partial charge on any atom is -0.369 e. The van der Waals surface area contributed by atoms with Crippen molar-refractivity contribution in [1.29, 1.82) is 0 Å². The van der Waals surface area contributed by atoms with E-state index in [1.807, 2.05) is 23.1 Å². The third-order valence-electron chi connectivity index (χ3n) is 4.69. The normalized spacial score (nSPS) is 13.0. The molecule has 4 N–H and O–H groups in total. The molecular weight excluding hydrogens is 486 g/mol. The molecule has 29 heavy (non-hydrogen) atoms. The van der Waals surface area contributed by atoms with Gasteiger partial charge >= 0.3 is 0 Å². The molecule has 0 bridgehead atoms. The predicted molar refractivity (Wildman–Crippen MR) is 122 cm³/mol. The van der Waals surface area contributed by atoms with Gasteiger partial charge in [-0.05, 0) is 59.5 Å². The van der Waals surface area contributed by atoms with E-state index in [1.54, 1.807) is 18.3 Å². The van der Waals surface area contributed by atoms with E-state index >= 15 is 0 Å². The molecule has 2 heterocycles. The van der Waals surface area contributed by atoms with Crippen LogP contribution in [0.5, 0.6) is 0 Å². The number of nitrogens with zero attached hydrogens (tertiary/aromatic N) is 3. The summed E-state index contributed by atoms with van der Waals surface area (Å²) in [5, 5.41) is 6.29. The Morgan fingerprint density at radius 2 is 2.17 bits per heavy atom. The smallest absolute Gasteiger partial charge is 0.266 e. The Labute approximate surface area is 183 Å². The van der Waals surface area contributed by atoms with E-state index in [2.05, 4.69) is 50.0 Å². The highest BCUT2D eigenvalue weighted by atomic mass is 127. The van der Waals surface area contributed by atoms with E-state index in [-0.39, 0.29) is 0 Å². The lowest BCUT2D eigenvalue weighted by molar-refractivity contribution is -0.114. The van der Waals surface area contributed by atoms with Crippen molar-refractivity contribution in [2.75, 3.05) is 48.3 Å². The number of aromatic nitrogens is 1. The molecule has 154 valence electrons. The van der Waals surface area contributed by atoms with Crippen molar-refractivity contribution >= 4 is 45.7 Å². The minimum atomic E-state index is -0.500. The molecule has 1 aromatic carbocycles. The Morgan fingerprint density at radius 1 is 1.34 bits per heavy atom. The molecular formula is C20H24FIN6O. The molecule has 9 heteroatoms. The van der Waals surface area contributed by atoms with Gasteiger partial charge in [-0.15, -0.1) is 0 Å². The summed E-state index contributed by atoms with van der Waals surface area (Å²) in [5.74, 6) is -0.450. The summed E-state index contributed by atoms with van der Waals surface area (Å²) < 4.78 is 14.3. The molecule has 0 fully saturated rings. The first-order valence-electron chi connectivity index (χ1n) is 9.40. The van der Waals surface area contributed by atoms with E-state index in [1.165, 1.54) is 6.07 Å². The lowest BCUT2D eigenvalue weighted by Gasteiger charge is -2.33. The Hall–Kier alpha value is -2.40. The fourth-order valence-corrected chi connectivity index (χ4v) is 3.67. The van der Waals surface area contributed by atoms with Crippen LogP contribution in [0.3, 0.4) is 0 Å². The van der Waals surface area contributed by atoms with Gasteiger partial charge in [-0.2, -0.15) is 4.39 Å². The standard InChI is InChI=1S/C20H24FIN6O/c1-2-27(9-8-24-19-5-3-4-18(21)26-19)10-11-28-16-7-6-14(22)12-15(16)25-13-17(28)20(23)29/h3-7,12-13,25H,2,8-11H2,1H3,(H2,23,29)(H,24,26). The number of nitrogens with one attached hydrogen (secondary N) is 2. The number of fused-ring (bicyclic) bond motifs is 1. The van der Waals surface area contributed by atoms with Crippen LogP contribution in [-0.4, -0.2) is 48.5 Å². The van der Waals surface area contributed by atoms with Crippen LogP contribution in [0.4, 0.5) is 21.6 Å². The summed E-state index contributed by atoms with van der Waals surface area (Å²) in [6.45, 7) is 5.69. The summed E-state index contributed by atoms with van der Waals surface area (Å²) in [4.78, 5) is 19.9. The van der Waals surface area contributed by atoms with Gasteiger partial charge in [0.2, 0.25) is 5.95 Å². The Kier molecular flexibility index (Phi) is 7.26.